The Labute approximate surface area is 123 Å². The molecule has 0 radical (unpaired) electrons. The first kappa shape index (κ1) is 17.0. The molecule has 0 amide bonds. The van der Waals surface area contributed by atoms with Crippen LogP contribution in [0.3, 0.4) is 0 Å². The number of aliphatic hydroxyl groups is 1. The summed E-state index contributed by atoms with van der Waals surface area (Å²) < 4.78 is 0. The fourth-order valence-electron chi connectivity index (χ4n) is 2.53. The Bertz CT molecular complexity index is 453. The van der Waals surface area contributed by atoms with Crippen molar-refractivity contribution in [1.29, 1.82) is 0 Å². The van der Waals surface area contributed by atoms with E-state index in [9.17, 15) is 5.11 Å². The molecule has 1 aromatic carbocycles. The largest absolute Gasteiger partial charge is 0.508 e. The van der Waals surface area contributed by atoms with E-state index in [2.05, 4.69) is 47.6 Å². The number of aryl methyl sites for hydroxylation is 1. The van der Waals surface area contributed by atoms with Gasteiger partial charge >= 0.3 is 0 Å². The van der Waals surface area contributed by atoms with Gasteiger partial charge in [-0.15, -0.1) is 0 Å². The van der Waals surface area contributed by atoms with E-state index in [1.54, 1.807) is 0 Å². The second-order valence-corrected chi connectivity index (χ2v) is 7.34. The summed E-state index contributed by atoms with van der Waals surface area (Å²) in [5.74, 6) is 0.391. The molecule has 0 bridgehead atoms. The second-order valence-electron chi connectivity index (χ2n) is 7.34. The summed E-state index contributed by atoms with van der Waals surface area (Å²) >= 11 is 0. The molecule has 1 rings (SSSR count). The highest BCUT2D eigenvalue weighted by molar-refractivity contribution is 5.47. The van der Waals surface area contributed by atoms with Crippen LogP contribution in [0.2, 0.25) is 0 Å². The molecule has 0 atom stereocenters. The lowest BCUT2D eigenvalue weighted by Crippen LogP contribution is -2.20. The van der Waals surface area contributed by atoms with E-state index in [1.807, 2.05) is 6.07 Å². The monoisotopic (exact) mass is 278 g/mol. The van der Waals surface area contributed by atoms with Gasteiger partial charge < -0.3 is 10.2 Å². The van der Waals surface area contributed by atoms with E-state index < -0.39 is 0 Å². The smallest absolute Gasteiger partial charge is 0.119 e. The number of rotatable bonds is 5. The van der Waals surface area contributed by atoms with Crippen molar-refractivity contribution in [2.75, 3.05) is 6.61 Å². The first-order valence-electron chi connectivity index (χ1n) is 7.61. The molecule has 2 heteroatoms. The Morgan fingerprint density at radius 1 is 1.00 bits per heavy atom. The number of benzene rings is 1. The molecule has 1 aromatic rings. The number of phenols is 1. The maximum Gasteiger partial charge on any atom is 0.119 e. The van der Waals surface area contributed by atoms with Gasteiger partial charge in [-0.25, -0.2) is 0 Å². The molecule has 0 saturated heterocycles. The minimum Gasteiger partial charge on any atom is -0.508 e. The molecule has 20 heavy (non-hydrogen) atoms. The number of aromatic hydroxyl groups is 1. The van der Waals surface area contributed by atoms with Crippen LogP contribution in [0.4, 0.5) is 0 Å². The summed E-state index contributed by atoms with van der Waals surface area (Å²) in [6.45, 7) is 13.1. The highest BCUT2D eigenvalue weighted by Gasteiger charge is 2.26. The average molecular weight is 278 g/mol. The standard InChI is InChI=1S/C18H30O2/c1-7-18(5,6)14-12-16(20)15(17(2,3)4)11-13(14)9-8-10-19/h11-12,19-20H,7-10H2,1-6H3. The van der Waals surface area contributed by atoms with Crippen LogP contribution in [-0.2, 0) is 17.3 Å². The molecule has 114 valence electrons. The first-order chi connectivity index (χ1) is 9.13. The third-order valence-corrected chi connectivity index (χ3v) is 4.25. The lowest BCUT2D eigenvalue weighted by atomic mass is 9.75. The highest BCUT2D eigenvalue weighted by Crippen LogP contribution is 2.38. The maximum atomic E-state index is 10.4. The van der Waals surface area contributed by atoms with Crippen LogP contribution >= 0.6 is 0 Å². The molecule has 0 heterocycles. The highest BCUT2D eigenvalue weighted by atomic mass is 16.3. The van der Waals surface area contributed by atoms with Crippen LogP contribution in [0.1, 0.15) is 71.1 Å². The van der Waals surface area contributed by atoms with Crippen LogP contribution in [0.5, 0.6) is 5.75 Å². The Kier molecular flexibility index (Phi) is 5.26. The lowest BCUT2D eigenvalue weighted by Gasteiger charge is -2.30. The molecule has 0 aromatic heterocycles. The van der Waals surface area contributed by atoms with Crippen molar-refractivity contribution in [2.45, 2.75) is 71.6 Å². The van der Waals surface area contributed by atoms with Gasteiger partial charge in [0.25, 0.3) is 0 Å². The van der Waals surface area contributed by atoms with Gasteiger partial charge in [0, 0.05) is 6.61 Å². The lowest BCUT2D eigenvalue weighted by molar-refractivity contribution is 0.288. The molecular formula is C18H30O2. The van der Waals surface area contributed by atoms with Crippen LogP contribution in [0.25, 0.3) is 0 Å². The Balaban J connectivity index is 3.40. The van der Waals surface area contributed by atoms with Crippen LogP contribution in [0.15, 0.2) is 12.1 Å². The van der Waals surface area contributed by atoms with Gasteiger partial charge in [0.1, 0.15) is 5.75 Å². The topological polar surface area (TPSA) is 40.5 Å². The van der Waals surface area contributed by atoms with Crippen LogP contribution in [0, 0.1) is 0 Å². The normalized spacial score (nSPS) is 12.8. The quantitative estimate of drug-likeness (QED) is 0.843. The second kappa shape index (κ2) is 6.17. The first-order valence-corrected chi connectivity index (χ1v) is 7.61. The summed E-state index contributed by atoms with van der Waals surface area (Å²) in [6.07, 6.45) is 2.65. The molecule has 0 unspecified atom stereocenters. The molecule has 0 fully saturated rings. The van der Waals surface area contributed by atoms with E-state index in [-0.39, 0.29) is 17.4 Å². The summed E-state index contributed by atoms with van der Waals surface area (Å²) in [5.41, 5.74) is 3.42. The van der Waals surface area contributed by atoms with Crippen molar-refractivity contribution < 1.29 is 10.2 Å². The molecule has 2 nitrogen and oxygen atoms in total. The van der Waals surface area contributed by atoms with Crippen molar-refractivity contribution in [3.63, 3.8) is 0 Å². The fourth-order valence-corrected chi connectivity index (χ4v) is 2.53. The third kappa shape index (κ3) is 3.76. The SMILES string of the molecule is CCC(C)(C)c1cc(O)c(C(C)(C)C)cc1CCCO. The Hall–Kier alpha value is -1.02. The summed E-state index contributed by atoms with van der Waals surface area (Å²) in [5, 5.41) is 19.5. The number of phenolic OH excluding ortho intramolecular Hbond substituents is 1. The van der Waals surface area contributed by atoms with Crippen LogP contribution in [-0.4, -0.2) is 16.8 Å². The van der Waals surface area contributed by atoms with Gasteiger partial charge in [0.2, 0.25) is 0 Å². The zero-order chi connectivity index (χ0) is 15.6. The molecule has 0 saturated carbocycles. The maximum absolute atomic E-state index is 10.4. The fraction of sp³-hybridized carbons (Fsp3) is 0.667. The van der Waals surface area contributed by atoms with Crippen molar-refractivity contribution >= 4 is 0 Å². The van der Waals surface area contributed by atoms with Crippen molar-refractivity contribution in [1.82, 2.24) is 0 Å². The number of hydrogen-bond acceptors (Lipinski definition) is 2. The van der Waals surface area contributed by atoms with Crippen LogP contribution < -0.4 is 0 Å². The Morgan fingerprint density at radius 2 is 1.60 bits per heavy atom. The number of aliphatic hydroxyl groups excluding tert-OH is 1. The molecule has 0 aliphatic heterocycles. The van der Waals surface area contributed by atoms with Gasteiger partial charge in [0.05, 0.1) is 0 Å². The number of hydrogen-bond donors (Lipinski definition) is 2. The van der Waals surface area contributed by atoms with Crippen molar-refractivity contribution in [3.05, 3.63) is 28.8 Å². The van der Waals surface area contributed by atoms with E-state index >= 15 is 0 Å². The molecule has 0 aliphatic rings. The van der Waals surface area contributed by atoms with Gasteiger partial charge in [-0.05, 0) is 52.8 Å². The zero-order valence-electron chi connectivity index (χ0n) is 13.9. The minimum atomic E-state index is -0.0765. The van der Waals surface area contributed by atoms with Crippen molar-refractivity contribution in [2.24, 2.45) is 0 Å². The van der Waals surface area contributed by atoms with E-state index in [4.69, 9.17) is 5.11 Å². The van der Waals surface area contributed by atoms with E-state index in [1.165, 1.54) is 11.1 Å². The molecular weight excluding hydrogens is 248 g/mol. The van der Waals surface area contributed by atoms with Crippen molar-refractivity contribution in [3.8, 4) is 5.75 Å². The zero-order valence-corrected chi connectivity index (χ0v) is 13.9. The summed E-state index contributed by atoms with van der Waals surface area (Å²) in [7, 11) is 0. The van der Waals surface area contributed by atoms with Gasteiger partial charge in [0.15, 0.2) is 0 Å². The predicted molar refractivity (Wildman–Crippen MR) is 85.5 cm³/mol. The molecule has 0 aliphatic carbocycles. The Morgan fingerprint density at radius 3 is 2.05 bits per heavy atom. The molecule has 0 spiro atoms. The van der Waals surface area contributed by atoms with Gasteiger partial charge in [-0.1, -0.05) is 47.6 Å². The van der Waals surface area contributed by atoms with E-state index in [0.29, 0.717) is 5.75 Å². The van der Waals surface area contributed by atoms with Gasteiger partial charge in [-0.2, -0.15) is 0 Å². The molecule has 2 N–H and O–H groups in total. The summed E-state index contributed by atoms with van der Waals surface area (Å²) in [6, 6.07) is 4.08. The van der Waals surface area contributed by atoms with Gasteiger partial charge in [-0.3, -0.25) is 0 Å². The minimum absolute atomic E-state index is 0.0404. The predicted octanol–water partition coefficient (Wildman–Crippen LogP) is 4.30. The third-order valence-electron chi connectivity index (χ3n) is 4.25. The van der Waals surface area contributed by atoms with E-state index in [0.717, 1.165) is 24.8 Å². The average Bonchev–Trinajstić information content (AvgIpc) is 2.35. The summed E-state index contributed by atoms with van der Waals surface area (Å²) in [4.78, 5) is 0.